The standard InChI is InChI=1S/C25H27N5O5/c26-21-5-1-15(14-27-21)7-10-29-11-8-16(9-12-29)35-17-2-3-18-19(13-17)25(34)30(24(18)33)20-4-6-22(31)28-23(20)32/h1-3,5,13-14,16,20H,4,6-12H2,(H2,26,27)(H,28,31,32). The molecule has 0 bridgehead atoms. The number of likely N-dealkylation sites (tertiary alicyclic amines) is 1. The number of carbonyl (C=O) groups is 4. The summed E-state index contributed by atoms with van der Waals surface area (Å²) < 4.78 is 6.15. The molecule has 0 saturated carbocycles. The van der Waals surface area contributed by atoms with Crippen LogP contribution in [0.25, 0.3) is 0 Å². The monoisotopic (exact) mass is 477 g/mol. The molecule has 3 aliphatic heterocycles. The molecule has 10 nitrogen and oxygen atoms in total. The van der Waals surface area contributed by atoms with Crippen LogP contribution in [0.4, 0.5) is 5.82 Å². The number of imide groups is 2. The van der Waals surface area contributed by atoms with E-state index in [4.69, 9.17) is 10.5 Å². The predicted octanol–water partition coefficient (Wildman–Crippen LogP) is 1.15. The number of nitrogen functional groups attached to an aromatic ring is 1. The van der Waals surface area contributed by atoms with Crippen LogP contribution < -0.4 is 15.8 Å². The van der Waals surface area contributed by atoms with Gasteiger partial charge in [0.15, 0.2) is 0 Å². The SMILES string of the molecule is Nc1ccc(CCN2CCC(Oc3ccc4c(c3)C(=O)N(C3CCC(=O)NC3=O)C4=O)CC2)cn1. The van der Waals surface area contributed by atoms with Crippen molar-refractivity contribution in [1.82, 2.24) is 20.1 Å². The number of nitrogens with two attached hydrogens (primary N) is 1. The average Bonchev–Trinajstić information content (AvgIpc) is 3.09. The predicted molar refractivity (Wildman–Crippen MR) is 126 cm³/mol. The van der Waals surface area contributed by atoms with E-state index in [-0.39, 0.29) is 30.1 Å². The van der Waals surface area contributed by atoms with E-state index in [1.54, 1.807) is 18.2 Å². The summed E-state index contributed by atoms with van der Waals surface area (Å²) >= 11 is 0. The largest absolute Gasteiger partial charge is 0.490 e. The summed E-state index contributed by atoms with van der Waals surface area (Å²) in [6.45, 7) is 2.74. The third-order valence-electron chi connectivity index (χ3n) is 6.81. The van der Waals surface area contributed by atoms with Gasteiger partial charge in [-0.05, 0) is 55.5 Å². The fourth-order valence-corrected chi connectivity index (χ4v) is 4.84. The highest BCUT2D eigenvalue weighted by Gasteiger charge is 2.44. The molecule has 4 heterocycles. The second-order valence-corrected chi connectivity index (χ2v) is 9.15. The molecule has 2 saturated heterocycles. The highest BCUT2D eigenvalue weighted by molar-refractivity contribution is 6.23. The second-order valence-electron chi connectivity index (χ2n) is 9.15. The number of benzene rings is 1. The maximum absolute atomic E-state index is 13.0. The fourth-order valence-electron chi connectivity index (χ4n) is 4.84. The van der Waals surface area contributed by atoms with Gasteiger partial charge < -0.3 is 15.4 Å². The van der Waals surface area contributed by atoms with Crippen molar-refractivity contribution in [2.45, 2.75) is 44.2 Å². The van der Waals surface area contributed by atoms with Gasteiger partial charge in [0.1, 0.15) is 23.7 Å². The van der Waals surface area contributed by atoms with Gasteiger partial charge in [0.2, 0.25) is 11.8 Å². The third-order valence-corrected chi connectivity index (χ3v) is 6.81. The molecular weight excluding hydrogens is 450 g/mol. The smallest absolute Gasteiger partial charge is 0.262 e. The number of hydrogen-bond acceptors (Lipinski definition) is 8. The molecule has 0 aliphatic carbocycles. The van der Waals surface area contributed by atoms with Crippen LogP contribution in [0.1, 0.15) is 52.0 Å². The van der Waals surface area contributed by atoms with Gasteiger partial charge in [-0.2, -0.15) is 0 Å². The van der Waals surface area contributed by atoms with Crippen molar-refractivity contribution >= 4 is 29.4 Å². The topological polar surface area (TPSA) is 135 Å². The lowest BCUT2D eigenvalue weighted by Gasteiger charge is -2.32. The maximum atomic E-state index is 13.0. The molecule has 0 radical (unpaired) electrons. The Morgan fingerprint density at radius 2 is 1.77 bits per heavy atom. The number of rotatable bonds is 6. The first-order valence-electron chi connectivity index (χ1n) is 11.8. The molecule has 5 rings (SSSR count). The fraction of sp³-hybridized carbons (Fsp3) is 0.400. The molecule has 3 aliphatic rings. The number of ether oxygens (including phenoxy) is 1. The summed E-state index contributed by atoms with van der Waals surface area (Å²) in [4.78, 5) is 57.0. The Morgan fingerprint density at radius 3 is 2.49 bits per heavy atom. The normalized spacial score (nSPS) is 21.3. The Labute approximate surface area is 202 Å². The van der Waals surface area contributed by atoms with Crippen LogP contribution in [0, 0.1) is 0 Å². The molecule has 2 fully saturated rings. The van der Waals surface area contributed by atoms with Crippen molar-refractivity contribution in [3.8, 4) is 5.75 Å². The highest BCUT2D eigenvalue weighted by Crippen LogP contribution is 2.31. The summed E-state index contributed by atoms with van der Waals surface area (Å²) in [6.07, 6.45) is 4.66. The van der Waals surface area contributed by atoms with E-state index in [0.29, 0.717) is 11.6 Å². The van der Waals surface area contributed by atoms with Crippen LogP contribution in [-0.4, -0.2) is 70.2 Å². The lowest BCUT2D eigenvalue weighted by Crippen LogP contribution is -2.54. The number of anilines is 1. The number of nitrogens with one attached hydrogen (secondary N) is 1. The Bertz CT molecular complexity index is 1170. The van der Waals surface area contributed by atoms with Crippen molar-refractivity contribution in [3.05, 3.63) is 53.2 Å². The van der Waals surface area contributed by atoms with Gasteiger partial charge in [0, 0.05) is 32.3 Å². The van der Waals surface area contributed by atoms with Gasteiger partial charge in [-0.1, -0.05) is 6.07 Å². The number of piperidine rings is 2. The van der Waals surface area contributed by atoms with E-state index in [2.05, 4.69) is 15.2 Å². The number of fused-ring (bicyclic) bond motifs is 1. The number of amides is 4. The van der Waals surface area contributed by atoms with Crippen molar-refractivity contribution in [2.75, 3.05) is 25.4 Å². The van der Waals surface area contributed by atoms with E-state index in [1.807, 2.05) is 18.3 Å². The summed E-state index contributed by atoms with van der Waals surface area (Å²) in [5, 5.41) is 2.20. The third kappa shape index (κ3) is 4.74. The van der Waals surface area contributed by atoms with Gasteiger partial charge in [-0.25, -0.2) is 4.98 Å². The quantitative estimate of drug-likeness (QED) is 0.592. The number of aromatic nitrogens is 1. The molecule has 35 heavy (non-hydrogen) atoms. The maximum Gasteiger partial charge on any atom is 0.262 e. The molecule has 4 amide bonds. The Kier molecular flexibility index (Phi) is 6.21. The highest BCUT2D eigenvalue weighted by atomic mass is 16.5. The molecule has 1 unspecified atom stereocenters. The molecule has 0 spiro atoms. The van der Waals surface area contributed by atoms with E-state index in [0.717, 1.165) is 49.4 Å². The number of carbonyl (C=O) groups excluding carboxylic acids is 4. The van der Waals surface area contributed by atoms with Crippen molar-refractivity contribution < 1.29 is 23.9 Å². The molecule has 1 aromatic carbocycles. The Morgan fingerprint density at radius 1 is 1.00 bits per heavy atom. The summed E-state index contributed by atoms with van der Waals surface area (Å²) in [7, 11) is 0. The second kappa shape index (κ2) is 9.46. The van der Waals surface area contributed by atoms with Gasteiger partial charge in [0.05, 0.1) is 11.1 Å². The molecular formula is C25H27N5O5. The van der Waals surface area contributed by atoms with Crippen LogP contribution in [0.2, 0.25) is 0 Å². The van der Waals surface area contributed by atoms with E-state index in [9.17, 15) is 19.2 Å². The number of hydrogen-bond donors (Lipinski definition) is 2. The molecule has 182 valence electrons. The molecule has 2 aromatic rings. The van der Waals surface area contributed by atoms with Crippen molar-refractivity contribution in [1.29, 1.82) is 0 Å². The molecule has 1 aromatic heterocycles. The van der Waals surface area contributed by atoms with E-state index >= 15 is 0 Å². The minimum Gasteiger partial charge on any atom is -0.490 e. The van der Waals surface area contributed by atoms with Gasteiger partial charge >= 0.3 is 0 Å². The minimum atomic E-state index is -0.974. The van der Waals surface area contributed by atoms with Crippen LogP contribution >= 0.6 is 0 Å². The molecule has 1 atom stereocenters. The molecule has 10 heteroatoms. The van der Waals surface area contributed by atoms with E-state index < -0.39 is 29.7 Å². The Hall–Kier alpha value is -3.79. The van der Waals surface area contributed by atoms with E-state index in [1.165, 1.54) is 0 Å². The number of pyridine rings is 1. The van der Waals surface area contributed by atoms with Crippen LogP contribution in [-0.2, 0) is 16.0 Å². The zero-order valence-corrected chi connectivity index (χ0v) is 19.2. The first-order valence-corrected chi connectivity index (χ1v) is 11.8. The molecule has 3 N–H and O–H groups in total. The van der Waals surface area contributed by atoms with Crippen molar-refractivity contribution in [2.24, 2.45) is 0 Å². The van der Waals surface area contributed by atoms with Crippen LogP contribution in [0.5, 0.6) is 5.75 Å². The zero-order chi connectivity index (χ0) is 24.5. The lowest BCUT2D eigenvalue weighted by molar-refractivity contribution is -0.136. The van der Waals surface area contributed by atoms with Crippen LogP contribution in [0.15, 0.2) is 36.5 Å². The number of nitrogens with zero attached hydrogens (tertiary/aromatic N) is 3. The van der Waals surface area contributed by atoms with Gasteiger partial charge in [-0.3, -0.25) is 29.4 Å². The first-order chi connectivity index (χ1) is 16.9. The zero-order valence-electron chi connectivity index (χ0n) is 19.2. The average molecular weight is 478 g/mol. The minimum absolute atomic E-state index is 0.0148. The van der Waals surface area contributed by atoms with Gasteiger partial charge in [-0.15, -0.1) is 0 Å². The van der Waals surface area contributed by atoms with Crippen LogP contribution in [0.3, 0.4) is 0 Å². The first kappa shape index (κ1) is 23.0. The summed E-state index contributed by atoms with van der Waals surface area (Å²) in [5.41, 5.74) is 7.27. The summed E-state index contributed by atoms with van der Waals surface area (Å²) in [6, 6.07) is 7.69. The summed E-state index contributed by atoms with van der Waals surface area (Å²) in [5.74, 6) is -1.01. The van der Waals surface area contributed by atoms with Gasteiger partial charge in [0.25, 0.3) is 11.8 Å². The lowest BCUT2D eigenvalue weighted by atomic mass is 10.0. The van der Waals surface area contributed by atoms with Crippen molar-refractivity contribution in [3.63, 3.8) is 0 Å². The Balaban J connectivity index is 1.17.